The van der Waals surface area contributed by atoms with E-state index in [1.54, 1.807) is 13.2 Å². The van der Waals surface area contributed by atoms with Crippen LogP contribution < -0.4 is 10.6 Å². The number of urea groups is 1. The normalized spacial score (nSPS) is 18.3. The lowest BCUT2D eigenvalue weighted by atomic mass is 9.94. The van der Waals surface area contributed by atoms with Crippen LogP contribution in [-0.2, 0) is 4.74 Å². The maximum Gasteiger partial charge on any atom is 0.319 e. The molecule has 3 amide bonds. The van der Waals surface area contributed by atoms with Gasteiger partial charge in [-0.3, -0.25) is 4.79 Å². The summed E-state index contributed by atoms with van der Waals surface area (Å²) in [4.78, 5) is 27.1. The zero-order chi connectivity index (χ0) is 21.7. The number of hydrogen-bond donors (Lipinski definition) is 2. The second kappa shape index (κ2) is 9.45. The van der Waals surface area contributed by atoms with Gasteiger partial charge in [0, 0.05) is 37.5 Å². The Morgan fingerprint density at radius 1 is 1.27 bits per heavy atom. The van der Waals surface area contributed by atoms with Crippen molar-refractivity contribution in [2.75, 3.05) is 32.1 Å². The number of benzene rings is 2. The Labute approximate surface area is 180 Å². The SMILES string of the molecule is COCCC1(NC(=O)Nc2cccc(C)c2)CCN(C(=O)c2cc(Cl)ccc2F)C1. The molecule has 1 saturated heterocycles. The summed E-state index contributed by atoms with van der Waals surface area (Å²) in [5, 5.41) is 6.14. The molecule has 1 heterocycles. The van der Waals surface area contributed by atoms with E-state index in [1.165, 1.54) is 23.1 Å². The number of rotatable bonds is 6. The number of aryl methyl sites for hydroxylation is 1. The Kier molecular flexibility index (Phi) is 6.95. The van der Waals surface area contributed by atoms with E-state index in [4.69, 9.17) is 16.3 Å². The molecule has 0 saturated carbocycles. The van der Waals surface area contributed by atoms with Crippen LogP contribution in [0.5, 0.6) is 0 Å². The minimum atomic E-state index is -0.672. The third kappa shape index (κ3) is 5.29. The van der Waals surface area contributed by atoms with E-state index in [2.05, 4.69) is 10.6 Å². The minimum absolute atomic E-state index is 0.0748. The molecule has 2 N–H and O–H groups in total. The Balaban J connectivity index is 1.73. The molecule has 0 bridgehead atoms. The lowest BCUT2D eigenvalue weighted by Crippen LogP contribution is -2.53. The monoisotopic (exact) mass is 433 g/mol. The van der Waals surface area contributed by atoms with E-state index in [0.29, 0.717) is 36.7 Å². The highest BCUT2D eigenvalue weighted by molar-refractivity contribution is 6.31. The van der Waals surface area contributed by atoms with Crippen LogP contribution in [0.4, 0.5) is 14.9 Å². The quantitative estimate of drug-likeness (QED) is 0.716. The molecule has 1 aliphatic heterocycles. The van der Waals surface area contributed by atoms with E-state index < -0.39 is 17.3 Å². The minimum Gasteiger partial charge on any atom is -0.385 e. The van der Waals surface area contributed by atoms with Crippen LogP contribution in [-0.4, -0.2) is 49.2 Å². The van der Waals surface area contributed by atoms with Gasteiger partial charge in [-0.05, 0) is 55.7 Å². The highest BCUT2D eigenvalue weighted by Gasteiger charge is 2.41. The van der Waals surface area contributed by atoms with Crippen molar-refractivity contribution >= 4 is 29.2 Å². The van der Waals surface area contributed by atoms with Crippen molar-refractivity contribution in [2.45, 2.75) is 25.3 Å². The molecule has 1 unspecified atom stereocenters. The number of amides is 3. The van der Waals surface area contributed by atoms with E-state index in [0.717, 1.165) is 5.56 Å². The molecule has 1 fully saturated rings. The molecule has 30 heavy (non-hydrogen) atoms. The number of nitrogens with one attached hydrogen (secondary N) is 2. The van der Waals surface area contributed by atoms with Gasteiger partial charge in [-0.1, -0.05) is 23.7 Å². The second-order valence-corrected chi connectivity index (χ2v) is 8.01. The number of methoxy groups -OCH3 is 1. The summed E-state index contributed by atoms with van der Waals surface area (Å²) in [5.41, 5.74) is 0.966. The first kappa shape index (κ1) is 22.1. The van der Waals surface area contributed by atoms with Crippen molar-refractivity contribution < 1.29 is 18.7 Å². The van der Waals surface area contributed by atoms with Gasteiger partial charge in [0.1, 0.15) is 5.82 Å². The van der Waals surface area contributed by atoms with Crippen molar-refractivity contribution in [3.63, 3.8) is 0 Å². The van der Waals surface area contributed by atoms with Crippen LogP contribution in [0.15, 0.2) is 42.5 Å². The molecule has 0 aromatic heterocycles. The highest BCUT2D eigenvalue weighted by Crippen LogP contribution is 2.28. The number of carbonyl (C=O) groups excluding carboxylic acids is 2. The Hall–Kier alpha value is -2.64. The second-order valence-electron chi connectivity index (χ2n) is 7.57. The lowest BCUT2D eigenvalue weighted by Gasteiger charge is -2.30. The summed E-state index contributed by atoms with van der Waals surface area (Å²) in [6, 6.07) is 11.0. The van der Waals surface area contributed by atoms with Crippen LogP contribution in [0, 0.1) is 12.7 Å². The summed E-state index contributed by atoms with van der Waals surface area (Å²) in [5.74, 6) is -1.07. The van der Waals surface area contributed by atoms with E-state index in [-0.39, 0.29) is 18.1 Å². The first-order valence-corrected chi connectivity index (χ1v) is 10.1. The van der Waals surface area contributed by atoms with Crippen LogP contribution in [0.3, 0.4) is 0 Å². The molecule has 1 aliphatic rings. The predicted octanol–water partition coefficient (Wildman–Crippen LogP) is 4.23. The van der Waals surface area contributed by atoms with Gasteiger partial charge in [-0.15, -0.1) is 0 Å². The topological polar surface area (TPSA) is 70.7 Å². The summed E-state index contributed by atoms with van der Waals surface area (Å²) < 4.78 is 19.4. The van der Waals surface area contributed by atoms with Gasteiger partial charge in [-0.25, -0.2) is 9.18 Å². The summed E-state index contributed by atoms with van der Waals surface area (Å²) >= 11 is 5.93. The van der Waals surface area contributed by atoms with Gasteiger partial charge in [0.2, 0.25) is 0 Å². The fourth-order valence-electron chi connectivity index (χ4n) is 3.67. The lowest BCUT2D eigenvalue weighted by molar-refractivity contribution is 0.0768. The standard InChI is InChI=1S/C22H25ClFN3O3/c1-15-4-3-5-17(12-15)25-21(29)26-22(9-11-30-2)8-10-27(14-22)20(28)18-13-16(23)6-7-19(18)24/h3-7,12-13H,8-11,14H2,1-2H3,(H2,25,26,29). The van der Waals surface area contributed by atoms with Crippen LogP contribution in [0.25, 0.3) is 0 Å². The molecule has 2 aromatic rings. The summed E-state index contributed by atoms with van der Waals surface area (Å²) in [6.45, 7) is 3.00. The van der Waals surface area contributed by atoms with E-state index >= 15 is 0 Å². The van der Waals surface area contributed by atoms with Gasteiger partial charge in [-0.2, -0.15) is 0 Å². The van der Waals surface area contributed by atoms with E-state index in [9.17, 15) is 14.0 Å². The number of ether oxygens (including phenoxy) is 1. The average Bonchev–Trinajstić information content (AvgIpc) is 3.11. The molecule has 2 aromatic carbocycles. The predicted molar refractivity (Wildman–Crippen MR) is 114 cm³/mol. The summed E-state index contributed by atoms with van der Waals surface area (Å²) in [6.07, 6.45) is 1.05. The zero-order valence-electron chi connectivity index (χ0n) is 17.0. The molecule has 8 heteroatoms. The number of halogens is 2. The first-order chi connectivity index (χ1) is 14.3. The first-order valence-electron chi connectivity index (χ1n) is 9.71. The smallest absolute Gasteiger partial charge is 0.319 e. The molecule has 3 rings (SSSR count). The molecule has 0 radical (unpaired) electrons. The number of anilines is 1. The van der Waals surface area contributed by atoms with Gasteiger partial charge in [0.25, 0.3) is 5.91 Å². The van der Waals surface area contributed by atoms with Crippen molar-refractivity contribution in [2.24, 2.45) is 0 Å². The van der Waals surface area contributed by atoms with Gasteiger partial charge >= 0.3 is 6.03 Å². The van der Waals surface area contributed by atoms with Crippen molar-refractivity contribution in [3.8, 4) is 0 Å². The molecular formula is C22H25ClFN3O3. The van der Waals surface area contributed by atoms with Crippen LogP contribution in [0.2, 0.25) is 5.02 Å². The Bertz CT molecular complexity index is 940. The maximum absolute atomic E-state index is 14.1. The van der Waals surface area contributed by atoms with Gasteiger partial charge in [0.15, 0.2) is 0 Å². The number of carbonyl (C=O) groups is 2. The van der Waals surface area contributed by atoms with Gasteiger partial charge in [0.05, 0.1) is 11.1 Å². The molecular weight excluding hydrogens is 409 g/mol. The Morgan fingerprint density at radius 2 is 2.07 bits per heavy atom. The van der Waals surface area contributed by atoms with Crippen LogP contribution in [0.1, 0.15) is 28.8 Å². The maximum atomic E-state index is 14.1. The number of likely N-dealkylation sites (tertiary alicyclic amines) is 1. The highest BCUT2D eigenvalue weighted by atomic mass is 35.5. The largest absolute Gasteiger partial charge is 0.385 e. The number of hydrogen-bond acceptors (Lipinski definition) is 3. The zero-order valence-corrected chi connectivity index (χ0v) is 17.8. The van der Waals surface area contributed by atoms with Crippen molar-refractivity contribution in [1.29, 1.82) is 0 Å². The summed E-state index contributed by atoms with van der Waals surface area (Å²) in [7, 11) is 1.58. The number of nitrogens with zero attached hydrogens (tertiary/aromatic N) is 1. The average molecular weight is 434 g/mol. The third-order valence-electron chi connectivity index (χ3n) is 5.24. The van der Waals surface area contributed by atoms with Crippen molar-refractivity contribution in [3.05, 3.63) is 64.4 Å². The molecule has 160 valence electrons. The third-order valence-corrected chi connectivity index (χ3v) is 5.47. The van der Waals surface area contributed by atoms with Gasteiger partial charge < -0.3 is 20.3 Å². The fourth-order valence-corrected chi connectivity index (χ4v) is 3.84. The van der Waals surface area contributed by atoms with E-state index in [1.807, 2.05) is 25.1 Å². The Morgan fingerprint density at radius 3 is 2.80 bits per heavy atom. The molecule has 0 aliphatic carbocycles. The molecule has 1 atom stereocenters. The molecule has 0 spiro atoms. The fraction of sp³-hybridized carbons (Fsp3) is 0.364. The van der Waals surface area contributed by atoms with Crippen molar-refractivity contribution in [1.82, 2.24) is 10.2 Å². The molecule has 6 nitrogen and oxygen atoms in total. The van der Waals surface area contributed by atoms with Crippen LogP contribution >= 0.6 is 11.6 Å².